The van der Waals surface area contributed by atoms with Gasteiger partial charge in [0.05, 0.1) is 20.0 Å². The predicted molar refractivity (Wildman–Crippen MR) is 117 cm³/mol. The molecule has 7 nitrogen and oxygen atoms in total. The summed E-state index contributed by atoms with van der Waals surface area (Å²) in [6.45, 7) is 3.17. The first-order valence-electron chi connectivity index (χ1n) is 10.5. The molecule has 1 atom stereocenters. The first-order valence-corrected chi connectivity index (χ1v) is 10.5. The van der Waals surface area contributed by atoms with Crippen LogP contribution in [-0.4, -0.2) is 33.2 Å². The van der Waals surface area contributed by atoms with Crippen LogP contribution in [0.3, 0.4) is 0 Å². The van der Waals surface area contributed by atoms with Gasteiger partial charge in [-0.05, 0) is 42.3 Å². The summed E-state index contributed by atoms with van der Waals surface area (Å²) in [6, 6.07) is 11.9. The van der Waals surface area contributed by atoms with Gasteiger partial charge in [-0.3, -0.25) is 4.98 Å². The number of rotatable bonds is 6. The van der Waals surface area contributed by atoms with Crippen molar-refractivity contribution in [1.82, 2.24) is 19.5 Å². The lowest BCUT2D eigenvalue weighted by molar-refractivity contribution is 0.0867. The minimum atomic E-state index is -0.225. The molecule has 0 amide bonds. The molecule has 1 unspecified atom stereocenters. The third kappa shape index (κ3) is 3.79. The van der Waals surface area contributed by atoms with E-state index in [1.165, 1.54) is 0 Å². The number of fused-ring (bicyclic) bond motifs is 2. The Morgan fingerprint density at radius 2 is 2.10 bits per heavy atom. The standard InChI is InChI=1S/C24H24N4O3/c1-3-5-18-8-7-17(12-26-18)22-14-30-21-11-16(10-20(29-2)23(21)31-22)13-28-15-27-19-6-4-9-25-24(19)28/h4,6-12,15,22H,3,5,13-14H2,1-2H3. The van der Waals surface area contributed by atoms with Crippen LogP contribution in [0.5, 0.6) is 17.2 Å². The fourth-order valence-electron chi connectivity index (χ4n) is 3.84. The zero-order valence-electron chi connectivity index (χ0n) is 17.6. The molecule has 0 aliphatic carbocycles. The van der Waals surface area contributed by atoms with E-state index in [0.29, 0.717) is 30.4 Å². The van der Waals surface area contributed by atoms with E-state index < -0.39 is 0 Å². The second-order valence-electron chi connectivity index (χ2n) is 7.59. The minimum absolute atomic E-state index is 0.225. The molecule has 1 aliphatic rings. The fourth-order valence-corrected chi connectivity index (χ4v) is 3.84. The van der Waals surface area contributed by atoms with E-state index in [2.05, 4.69) is 34.0 Å². The second kappa shape index (κ2) is 8.26. The molecule has 0 N–H and O–H groups in total. The number of aryl methyl sites for hydroxylation is 1. The lowest BCUT2D eigenvalue weighted by Crippen LogP contribution is -2.22. The molecular formula is C24H24N4O3. The largest absolute Gasteiger partial charge is 0.493 e. The zero-order chi connectivity index (χ0) is 21.2. The molecule has 5 rings (SSSR count). The Labute approximate surface area is 180 Å². The normalized spacial score (nSPS) is 15.2. The topological polar surface area (TPSA) is 71.3 Å². The average molecular weight is 416 g/mol. The summed E-state index contributed by atoms with van der Waals surface area (Å²) in [4.78, 5) is 13.4. The van der Waals surface area contributed by atoms with Crippen molar-refractivity contribution < 1.29 is 14.2 Å². The maximum atomic E-state index is 6.28. The Kier molecular flexibility index (Phi) is 5.16. The maximum absolute atomic E-state index is 6.28. The van der Waals surface area contributed by atoms with Gasteiger partial charge < -0.3 is 18.8 Å². The summed E-state index contributed by atoms with van der Waals surface area (Å²) >= 11 is 0. The zero-order valence-corrected chi connectivity index (χ0v) is 17.6. The van der Waals surface area contributed by atoms with Crippen LogP contribution in [-0.2, 0) is 13.0 Å². The first kappa shape index (κ1) is 19.4. The predicted octanol–water partition coefficient (Wildman–Crippen LogP) is 4.35. The highest BCUT2D eigenvalue weighted by Gasteiger charge is 2.27. The highest BCUT2D eigenvalue weighted by Crippen LogP contribution is 2.44. The molecule has 1 aromatic carbocycles. The summed E-state index contributed by atoms with van der Waals surface area (Å²) in [5, 5.41) is 0. The van der Waals surface area contributed by atoms with Gasteiger partial charge in [-0.25, -0.2) is 9.97 Å². The molecule has 0 fully saturated rings. The summed E-state index contributed by atoms with van der Waals surface area (Å²) in [7, 11) is 1.64. The molecule has 31 heavy (non-hydrogen) atoms. The smallest absolute Gasteiger partial charge is 0.204 e. The molecule has 3 aromatic heterocycles. The number of ether oxygens (including phenoxy) is 3. The average Bonchev–Trinajstić information content (AvgIpc) is 3.22. The molecule has 1 aliphatic heterocycles. The van der Waals surface area contributed by atoms with Crippen molar-refractivity contribution >= 4 is 11.2 Å². The number of imidazole rings is 1. The maximum Gasteiger partial charge on any atom is 0.204 e. The van der Waals surface area contributed by atoms with Gasteiger partial charge in [0, 0.05) is 23.7 Å². The Morgan fingerprint density at radius 3 is 2.90 bits per heavy atom. The third-order valence-corrected chi connectivity index (χ3v) is 5.40. The molecule has 0 radical (unpaired) electrons. The Bertz CT molecular complexity index is 1190. The highest BCUT2D eigenvalue weighted by molar-refractivity contribution is 5.70. The van der Waals surface area contributed by atoms with E-state index in [9.17, 15) is 0 Å². The number of pyridine rings is 2. The molecule has 4 aromatic rings. The van der Waals surface area contributed by atoms with Gasteiger partial charge in [-0.1, -0.05) is 19.4 Å². The summed E-state index contributed by atoms with van der Waals surface area (Å²) in [6.07, 6.45) is 7.27. The van der Waals surface area contributed by atoms with Crippen LogP contribution in [0.25, 0.3) is 11.2 Å². The van der Waals surface area contributed by atoms with Gasteiger partial charge in [0.1, 0.15) is 12.1 Å². The van der Waals surface area contributed by atoms with Crippen LogP contribution >= 0.6 is 0 Å². The molecular weight excluding hydrogens is 392 g/mol. The third-order valence-electron chi connectivity index (χ3n) is 5.40. The van der Waals surface area contributed by atoms with Gasteiger partial charge in [0.2, 0.25) is 5.75 Å². The van der Waals surface area contributed by atoms with Crippen LogP contribution in [0.15, 0.2) is 55.1 Å². The van der Waals surface area contributed by atoms with Gasteiger partial charge in [-0.2, -0.15) is 0 Å². The van der Waals surface area contributed by atoms with Crippen LogP contribution in [0.1, 0.15) is 36.3 Å². The van der Waals surface area contributed by atoms with E-state index in [4.69, 9.17) is 14.2 Å². The van der Waals surface area contributed by atoms with Crippen LogP contribution in [0.2, 0.25) is 0 Å². The highest BCUT2D eigenvalue weighted by atomic mass is 16.6. The second-order valence-corrected chi connectivity index (χ2v) is 7.59. The van der Waals surface area contributed by atoms with E-state index in [0.717, 1.165) is 40.8 Å². The van der Waals surface area contributed by atoms with Crippen LogP contribution in [0.4, 0.5) is 0 Å². The minimum Gasteiger partial charge on any atom is -0.493 e. The van der Waals surface area contributed by atoms with Crippen molar-refractivity contribution in [3.63, 3.8) is 0 Å². The lowest BCUT2D eigenvalue weighted by Gasteiger charge is -2.28. The monoisotopic (exact) mass is 416 g/mol. The van der Waals surface area contributed by atoms with Crippen molar-refractivity contribution in [3.8, 4) is 17.2 Å². The fraction of sp³-hybridized carbons (Fsp3) is 0.292. The van der Waals surface area contributed by atoms with Gasteiger partial charge >= 0.3 is 0 Å². The summed E-state index contributed by atoms with van der Waals surface area (Å²) in [5.74, 6) is 1.94. The van der Waals surface area contributed by atoms with Crippen molar-refractivity contribution in [3.05, 3.63) is 71.9 Å². The van der Waals surface area contributed by atoms with E-state index in [-0.39, 0.29) is 6.10 Å². The quantitative estimate of drug-likeness (QED) is 0.465. The molecule has 4 heterocycles. The van der Waals surface area contributed by atoms with Gasteiger partial charge in [0.15, 0.2) is 23.3 Å². The Morgan fingerprint density at radius 1 is 1.16 bits per heavy atom. The molecule has 0 spiro atoms. The molecule has 7 heteroatoms. The molecule has 0 bridgehead atoms. The Hall–Kier alpha value is -3.61. The Balaban J connectivity index is 1.40. The first-order chi connectivity index (χ1) is 15.2. The SMILES string of the molecule is CCCc1ccc(C2COc3cc(Cn4cnc5cccnc54)cc(OC)c3O2)cn1. The molecule has 158 valence electrons. The van der Waals surface area contributed by atoms with Crippen molar-refractivity contribution in [1.29, 1.82) is 0 Å². The number of hydrogen-bond donors (Lipinski definition) is 0. The van der Waals surface area contributed by atoms with Crippen LogP contribution in [0, 0.1) is 0 Å². The van der Waals surface area contributed by atoms with Gasteiger partial charge in [-0.15, -0.1) is 0 Å². The van der Waals surface area contributed by atoms with Gasteiger partial charge in [0.25, 0.3) is 0 Å². The molecule has 0 saturated heterocycles. The number of aromatic nitrogens is 4. The van der Waals surface area contributed by atoms with Crippen molar-refractivity contribution in [2.45, 2.75) is 32.4 Å². The number of methoxy groups -OCH3 is 1. The number of hydrogen-bond acceptors (Lipinski definition) is 6. The van der Waals surface area contributed by atoms with E-state index in [1.807, 2.05) is 35.0 Å². The van der Waals surface area contributed by atoms with E-state index >= 15 is 0 Å². The summed E-state index contributed by atoms with van der Waals surface area (Å²) < 4.78 is 20.0. The van der Waals surface area contributed by atoms with Crippen molar-refractivity contribution in [2.75, 3.05) is 13.7 Å². The van der Waals surface area contributed by atoms with Crippen LogP contribution < -0.4 is 14.2 Å². The number of benzene rings is 1. The molecule has 0 saturated carbocycles. The number of nitrogens with zero attached hydrogens (tertiary/aromatic N) is 4. The van der Waals surface area contributed by atoms with E-state index in [1.54, 1.807) is 19.6 Å². The lowest BCUT2D eigenvalue weighted by atomic mass is 10.1. The van der Waals surface area contributed by atoms with Crippen molar-refractivity contribution in [2.24, 2.45) is 0 Å². The summed E-state index contributed by atoms with van der Waals surface area (Å²) in [5.41, 5.74) is 4.82.